The Morgan fingerprint density at radius 3 is 2.78 bits per heavy atom. The van der Waals surface area contributed by atoms with Crippen molar-refractivity contribution in [1.82, 2.24) is 9.38 Å². The van der Waals surface area contributed by atoms with Crippen molar-refractivity contribution in [1.29, 1.82) is 0 Å². The highest BCUT2D eigenvalue weighted by Crippen LogP contribution is 2.23. The highest BCUT2D eigenvalue weighted by Gasteiger charge is 2.08. The second kappa shape index (κ2) is 5.76. The van der Waals surface area contributed by atoms with E-state index >= 15 is 0 Å². The molecule has 0 spiro atoms. The standard InChI is InChI=1S/C20H17N2O/c1-2-17-13-21-20-19(11-6-12-22(17)20)23-14-16-9-5-8-15-7-3-4-10-18(15)16/h3-13H,1-2,14H2. The minimum Gasteiger partial charge on any atom is -0.485 e. The van der Waals surface area contributed by atoms with Crippen LogP contribution in [0.15, 0.2) is 67.0 Å². The first kappa shape index (κ1) is 13.8. The van der Waals surface area contributed by atoms with E-state index in [0.29, 0.717) is 13.0 Å². The number of imidazole rings is 1. The van der Waals surface area contributed by atoms with Crippen LogP contribution in [0.1, 0.15) is 11.3 Å². The molecule has 2 heterocycles. The molecule has 1 radical (unpaired) electrons. The van der Waals surface area contributed by atoms with Crippen LogP contribution >= 0.6 is 0 Å². The molecule has 0 atom stereocenters. The van der Waals surface area contributed by atoms with Crippen molar-refractivity contribution < 1.29 is 4.74 Å². The molecule has 2 aromatic carbocycles. The maximum absolute atomic E-state index is 6.07. The SMILES string of the molecule is [CH2]Cc1cnc2c(OCc3cccc4ccccc34)cccn12. The first-order chi connectivity index (χ1) is 11.4. The van der Waals surface area contributed by atoms with Gasteiger partial charge in [-0.3, -0.25) is 0 Å². The largest absolute Gasteiger partial charge is 0.485 e. The Labute approximate surface area is 135 Å². The van der Waals surface area contributed by atoms with Crippen molar-refractivity contribution in [2.24, 2.45) is 0 Å². The van der Waals surface area contributed by atoms with Gasteiger partial charge in [0.1, 0.15) is 6.61 Å². The molecule has 2 aromatic heterocycles. The van der Waals surface area contributed by atoms with E-state index in [4.69, 9.17) is 4.74 Å². The molecule has 23 heavy (non-hydrogen) atoms. The van der Waals surface area contributed by atoms with Gasteiger partial charge >= 0.3 is 0 Å². The molecular weight excluding hydrogens is 284 g/mol. The zero-order chi connectivity index (χ0) is 15.6. The molecular formula is C20H17N2O. The third-order valence-electron chi connectivity index (χ3n) is 4.10. The summed E-state index contributed by atoms with van der Waals surface area (Å²) in [6, 6.07) is 18.6. The third kappa shape index (κ3) is 2.44. The van der Waals surface area contributed by atoms with Gasteiger partial charge in [-0.2, -0.15) is 0 Å². The van der Waals surface area contributed by atoms with Gasteiger partial charge in [0.05, 0.1) is 0 Å². The van der Waals surface area contributed by atoms with Crippen LogP contribution in [0.4, 0.5) is 0 Å². The minimum absolute atomic E-state index is 0.521. The van der Waals surface area contributed by atoms with E-state index in [2.05, 4.69) is 54.4 Å². The van der Waals surface area contributed by atoms with Crippen LogP contribution in [0.3, 0.4) is 0 Å². The Morgan fingerprint density at radius 1 is 1.00 bits per heavy atom. The molecule has 0 aliphatic heterocycles. The Hall–Kier alpha value is -2.81. The van der Waals surface area contributed by atoms with E-state index < -0.39 is 0 Å². The topological polar surface area (TPSA) is 26.5 Å². The molecule has 0 N–H and O–H groups in total. The summed E-state index contributed by atoms with van der Waals surface area (Å²) >= 11 is 0. The number of hydrogen-bond donors (Lipinski definition) is 0. The van der Waals surface area contributed by atoms with Crippen LogP contribution in [-0.2, 0) is 13.0 Å². The van der Waals surface area contributed by atoms with Crippen molar-refractivity contribution in [3.8, 4) is 5.75 Å². The molecule has 0 saturated carbocycles. The monoisotopic (exact) mass is 301 g/mol. The Kier molecular flexibility index (Phi) is 3.46. The van der Waals surface area contributed by atoms with Crippen LogP contribution in [0.2, 0.25) is 0 Å². The van der Waals surface area contributed by atoms with Gasteiger partial charge in [0, 0.05) is 18.1 Å². The maximum atomic E-state index is 6.07. The van der Waals surface area contributed by atoms with Crippen LogP contribution in [0.5, 0.6) is 5.75 Å². The zero-order valence-electron chi connectivity index (χ0n) is 12.8. The number of fused-ring (bicyclic) bond motifs is 2. The van der Waals surface area contributed by atoms with Gasteiger partial charge < -0.3 is 9.14 Å². The molecule has 0 aliphatic rings. The summed E-state index contributed by atoms with van der Waals surface area (Å²) < 4.78 is 8.10. The normalized spacial score (nSPS) is 11.2. The van der Waals surface area contributed by atoms with E-state index in [1.807, 2.05) is 28.9 Å². The molecule has 0 fully saturated rings. The van der Waals surface area contributed by atoms with Crippen molar-refractivity contribution in [3.63, 3.8) is 0 Å². The van der Waals surface area contributed by atoms with Gasteiger partial charge in [-0.15, -0.1) is 0 Å². The van der Waals surface area contributed by atoms with E-state index in [0.717, 1.165) is 17.1 Å². The molecule has 0 aliphatic carbocycles. The van der Waals surface area contributed by atoms with Crippen molar-refractivity contribution in [2.45, 2.75) is 13.0 Å². The number of ether oxygens (including phenoxy) is 1. The first-order valence-electron chi connectivity index (χ1n) is 7.70. The average molecular weight is 301 g/mol. The van der Waals surface area contributed by atoms with Gasteiger partial charge in [-0.05, 0) is 41.8 Å². The summed E-state index contributed by atoms with van der Waals surface area (Å²) in [4.78, 5) is 4.46. The molecule has 0 amide bonds. The number of nitrogens with zero attached hydrogens (tertiary/aromatic N) is 2. The second-order valence-electron chi connectivity index (χ2n) is 5.49. The Bertz CT molecular complexity index is 966. The number of rotatable bonds is 4. The summed E-state index contributed by atoms with van der Waals surface area (Å²) in [6.07, 6.45) is 4.55. The third-order valence-corrected chi connectivity index (χ3v) is 4.10. The predicted molar refractivity (Wildman–Crippen MR) is 92.5 cm³/mol. The predicted octanol–water partition coefficient (Wildman–Crippen LogP) is 4.44. The molecule has 4 aromatic rings. The van der Waals surface area contributed by atoms with Crippen molar-refractivity contribution in [3.05, 3.63) is 85.2 Å². The lowest BCUT2D eigenvalue weighted by Crippen LogP contribution is -1.99. The number of hydrogen-bond acceptors (Lipinski definition) is 2. The quantitative estimate of drug-likeness (QED) is 0.557. The molecule has 0 unspecified atom stereocenters. The van der Waals surface area contributed by atoms with E-state index in [-0.39, 0.29) is 0 Å². The van der Waals surface area contributed by atoms with E-state index in [9.17, 15) is 0 Å². The van der Waals surface area contributed by atoms with Gasteiger partial charge in [0.25, 0.3) is 0 Å². The summed E-state index contributed by atoms with van der Waals surface area (Å²) in [7, 11) is 0. The summed E-state index contributed by atoms with van der Waals surface area (Å²) in [5.74, 6) is 0.792. The van der Waals surface area contributed by atoms with E-state index in [1.165, 1.54) is 16.3 Å². The molecule has 0 bridgehead atoms. The highest BCUT2D eigenvalue weighted by molar-refractivity contribution is 5.85. The minimum atomic E-state index is 0.521. The van der Waals surface area contributed by atoms with Crippen LogP contribution in [0, 0.1) is 6.92 Å². The second-order valence-corrected chi connectivity index (χ2v) is 5.49. The first-order valence-corrected chi connectivity index (χ1v) is 7.70. The Morgan fingerprint density at radius 2 is 1.87 bits per heavy atom. The lowest BCUT2D eigenvalue weighted by Gasteiger charge is -2.10. The molecule has 3 heteroatoms. The van der Waals surface area contributed by atoms with Crippen LogP contribution < -0.4 is 4.74 Å². The van der Waals surface area contributed by atoms with Gasteiger partial charge in [0.2, 0.25) is 0 Å². The van der Waals surface area contributed by atoms with Gasteiger partial charge in [-0.1, -0.05) is 42.5 Å². The smallest absolute Gasteiger partial charge is 0.179 e. The molecule has 3 nitrogen and oxygen atoms in total. The fraction of sp³-hybridized carbons (Fsp3) is 0.100. The number of pyridine rings is 1. The highest BCUT2D eigenvalue weighted by atomic mass is 16.5. The van der Waals surface area contributed by atoms with Crippen LogP contribution in [0.25, 0.3) is 16.4 Å². The fourth-order valence-corrected chi connectivity index (χ4v) is 2.91. The van der Waals surface area contributed by atoms with Gasteiger partial charge in [0.15, 0.2) is 11.4 Å². The lowest BCUT2D eigenvalue weighted by atomic mass is 10.1. The van der Waals surface area contributed by atoms with Gasteiger partial charge in [-0.25, -0.2) is 4.98 Å². The fourth-order valence-electron chi connectivity index (χ4n) is 2.91. The summed E-state index contributed by atoms with van der Waals surface area (Å²) in [5.41, 5.74) is 3.09. The maximum Gasteiger partial charge on any atom is 0.179 e. The Balaban J connectivity index is 1.67. The average Bonchev–Trinajstić information content (AvgIpc) is 3.03. The van der Waals surface area contributed by atoms with E-state index in [1.54, 1.807) is 0 Å². The molecule has 0 saturated heterocycles. The lowest BCUT2D eigenvalue weighted by molar-refractivity contribution is 0.309. The zero-order valence-corrected chi connectivity index (χ0v) is 12.8. The van der Waals surface area contributed by atoms with Crippen molar-refractivity contribution >= 4 is 16.4 Å². The molecule has 113 valence electrons. The number of benzene rings is 2. The summed E-state index contributed by atoms with van der Waals surface area (Å²) in [5, 5.41) is 2.45. The molecule has 4 rings (SSSR count). The summed E-state index contributed by atoms with van der Waals surface area (Å²) in [6.45, 7) is 4.46. The number of aromatic nitrogens is 2. The van der Waals surface area contributed by atoms with Crippen LogP contribution in [-0.4, -0.2) is 9.38 Å². The van der Waals surface area contributed by atoms with Crippen molar-refractivity contribution in [2.75, 3.05) is 0 Å².